The Hall–Kier alpha value is -2.21. The highest BCUT2D eigenvalue weighted by molar-refractivity contribution is 5.90. The van der Waals surface area contributed by atoms with E-state index in [2.05, 4.69) is 10.4 Å². The molecule has 1 aromatic carbocycles. The van der Waals surface area contributed by atoms with Crippen LogP contribution in [0, 0.1) is 5.82 Å². The number of rotatable bonds is 6. The number of carbonyl (C=O) groups is 1. The van der Waals surface area contributed by atoms with Gasteiger partial charge >= 0.3 is 0 Å². The first kappa shape index (κ1) is 14.2. The Morgan fingerprint density at radius 3 is 3.10 bits per heavy atom. The molecule has 0 unspecified atom stereocenters. The monoisotopic (exact) mass is 277 g/mol. The topological polar surface area (TPSA) is 56.1 Å². The molecule has 0 fully saturated rings. The Labute approximate surface area is 116 Å². The number of nitrogens with one attached hydrogen (secondary N) is 1. The number of ether oxygens (including phenoxy) is 1. The van der Waals surface area contributed by atoms with Crippen molar-refractivity contribution in [3.8, 4) is 0 Å². The maximum Gasteiger partial charge on any atom is 0.226 e. The number of anilines is 1. The molecule has 0 bridgehead atoms. The van der Waals surface area contributed by atoms with Gasteiger partial charge in [-0.15, -0.1) is 0 Å². The maximum absolute atomic E-state index is 13.1. The molecule has 2 aromatic rings. The minimum atomic E-state index is -0.275. The standard InChI is InChI=1S/C14H16FN3O2/c1-20-6-5-14(19)17-13-8-16-18(10-13)9-11-3-2-4-12(15)7-11/h2-4,7-8,10H,5-6,9H2,1H3,(H,17,19). The molecule has 2 rings (SSSR count). The summed E-state index contributed by atoms with van der Waals surface area (Å²) in [5.74, 6) is -0.403. The Morgan fingerprint density at radius 1 is 1.50 bits per heavy atom. The van der Waals surface area contributed by atoms with E-state index in [0.717, 1.165) is 5.56 Å². The molecule has 106 valence electrons. The van der Waals surface area contributed by atoms with E-state index in [1.54, 1.807) is 30.3 Å². The Bertz CT molecular complexity index is 583. The molecule has 0 radical (unpaired) electrons. The van der Waals surface area contributed by atoms with Gasteiger partial charge in [0.1, 0.15) is 5.82 Å². The second-order valence-corrected chi connectivity index (χ2v) is 4.35. The fourth-order valence-electron chi connectivity index (χ4n) is 1.76. The fourth-order valence-corrected chi connectivity index (χ4v) is 1.76. The number of carbonyl (C=O) groups excluding carboxylic acids is 1. The lowest BCUT2D eigenvalue weighted by Gasteiger charge is -2.02. The number of halogens is 1. The van der Waals surface area contributed by atoms with Gasteiger partial charge in [-0.05, 0) is 17.7 Å². The maximum atomic E-state index is 13.1. The molecule has 1 aromatic heterocycles. The average molecular weight is 277 g/mol. The molecule has 1 heterocycles. The number of amides is 1. The highest BCUT2D eigenvalue weighted by Crippen LogP contribution is 2.09. The summed E-state index contributed by atoms with van der Waals surface area (Å²) in [5, 5.41) is 6.84. The molecule has 0 atom stereocenters. The number of methoxy groups -OCH3 is 1. The zero-order valence-corrected chi connectivity index (χ0v) is 11.2. The highest BCUT2D eigenvalue weighted by Gasteiger charge is 2.05. The largest absolute Gasteiger partial charge is 0.384 e. The zero-order valence-electron chi connectivity index (χ0n) is 11.2. The third kappa shape index (κ3) is 4.17. The Kier molecular flexibility index (Phi) is 4.84. The summed E-state index contributed by atoms with van der Waals surface area (Å²) in [7, 11) is 1.55. The SMILES string of the molecule is COCCC(=O)Nc1cnn(Cc2cccc(F)c2)c1. The Balaban J connectivity index is 1.93. The van der Waals surface area contributed by atoms with Crippen LogP contribution in [0.1, 0.15) is 12.0 Å². The molecule has 1 amide bonds. The van der Waals surface area contributed by atoms with Gasteiger partial charge in [0.2, 0.25) is 5.91 Å². The van der Waals surface area contributed by atoms with E-state index in [1.807, 2.05) is 6.07 Å². The van der Waals surface area contributed by atoms with Crippen molar-refractivity contribution in [3.63, 3.8) is 0 Å². The predicted octanol–water partition coefficient (Wildman–Crippen LogP) is 2.05. The molecular weight excluding hydrogens is 261 g/mol. The van der Waals surface area contributed by atoms with Crippen molar-refractivity contribution in [1.82, 2.24) is 9.78 Å². The first-order valence-electron chi connectivity index (χ1n) is 6.23. The number of aromatic nitrogens is 2. The zero-order chi connectivity index (χ0) is 14.4. The Morgan fingerprint density at radius 2 is 2.35 bits per heavy atom. The van der Waals surface area contributed by atoms with Crippen LogP contribution in [-0.2, 0) is 16.1 Å². The second-order valence-electron chi connectivity index (χ2n) is 4.35. The van der Waals surface area contributed by atoms with E-state index in [1.165, 1.54) is 12.1 Å². The van der Waals surface area contributed by atoms with Crippen LogP contribution in [-0.4, -0.2) is 29.4 Å². The first-order chi connectivity index (χ1) is 9.67. The number of benzene rings is 1. The van der Waals surface area contributed by atoms with E-state index < -0.39 is 0 Å². The van der Waals surface area contributed by atoms with Gasteiger partial charge < -0.3 is 10.1 Å². The molecule has 0 aliphatic rings. The van der Waals surface area contributed by atoms with Crippen molar-refractivity contribution in [2.75, 3.05) is 19.0 Å². The van der Waals surface area contributed by atoms with Crippen LogP contribution in [0.2, 0.25) is 0 Å². The molecule has 0 aliphatic carbocycles. The van der Waals surface area contributed by atoms with Gasteiger partial charge in [0.05, 0.1) is 31.5 Å². The molecule has 6 heteroatoms. The van der Waals surface area contributed by atoms with Crippen molar-refractivity contribution >= 4 is 11.6 Å². The lowest BCUT2D eigenvalue weighted by molar-refractivity contribution is -0.117. The predicted molar refractivity (Wildman–Crippen MR) is 72.9 cm³/mol. The van der Waals surface area contributed by atoms with Crippen LogP contribution < -0.4 is 5.32 Å². The van der Waals surface area contributed by atoms with Gasteiger partial charge in [-0.1, -0.05) is 12.1 Å². The van der Waals surface area contributed by atoms with E-state index in [-0.39, 0.29) is 11.7 Å². The summed E-state index contributed by atoms with van der Waals surface area (Å²) in [5.41, 5.74) is 1.42. The van der Waals surface area contributed by atoms with E-state index in [9.17, 15) is 9.18 Å². The van der Waals surface area contributed by atoms with Crippen LogP contribution in [0.15, 0.2) is 36.7 Å². The van der Waals surface area contributed by atoms with Gasteiger partial charge in [0, 0.05) is 13.3 Å². The van der Waals surface area contributed by atoms with Gasteiger partial charge in [0.15, 0.2) is 0 Å². The van der Waals surface area contributed by atoms with Crippen LogP contribution in [0.3, 0.4) is 0 Å². The van der Waals surface area contributed by atoms with Crippen molar-refractivity contribution in [1.29, 1.82) is 0 Å². The lowest BCUT2D eigenvalue weighted by Crippen LogP contribution is -2.13. The van der Waals surface area contributed by atoms with Crippen molar-refractivity contribution < 1.29 is 13.9 Å². The summed E-state index contributed by atoms with van der Waals surface area (Å²) >= 11 is 0. The number of nitrogens with zero attached hydrogens (tertiary/aromatic N) is 2. The summed E-state index contributed by atoms with van der Waals surface area (Å²) < 4.78 is 19.5. The highest BCUT2D eigenvalue weighted by atomic mass is 19.1. The van der Waals surface area contributed by atoms with Crippen molar-refractivity contribution in [2.45, 2.75) is 13.0 Å². The molecule has 5 nitrogen and oxygen atoms in total. The van der Waals surface area contributed by atoms with Gasteiger partial charge in [-0.3, -0.25) is 9.48 Å². The van der Waals surface area contributed by atoms with Crippen LogP contribution in [0.4, 0.5) is 10.1 Å². The molecular formula is C14H16FN3O2. The second kappa shape index (κ2) is 6.81. The summed E-state index contributed by atoms with van der Waals surface area (Å²) in [6.45, 7) is 0.828. The van der Waals surface area contributed by atoms with Crippen LogP contribution in [0.5, 0.6) is 0 Å². The number of hydrogen-bond acceptors (Lipinski definition) is 3. The van der Waals surface area contributed by atoms with Crippen LogP contribution in [0.25, 0.3) is 0 Å². The minimum Gasteiger partial charge on any atom is -0.384 e. The molecule has 1 N–H and O–H groups in total. The smallest absolute Gasteiger partial charge is 0.226 e. The van der Waals surface area contributed by atoms with Crippen molar-refractivity contribution in [3.05, 3.63) is 48.0 Å². The first-order valence-corrected chi connectivity index (χ1v) is 6.23. The molecule has 0 saturated heterocycles. The van der Waals surface area contributed by atoms with Crippen LogP contribution >= 0.6 is 0 Å². The van der Waals surface area contributed by atoms with Gasteiger partial charge in [0.25, 0.3) is 0 Å². The molecule has 20 heavy (non-hydrogen) atoms. The number of hydrogen-bond donors (Lipinski definition) is 1. The van der Waals surface area contributed by atoms with E-state index >= 15 is 0 Å². The lowest BCUT2D eigenvalue weighted by atomic mass is 10.2. The summed E-state index contributed by atoms with van der Waals surface area (Å²) in [6, 6.07) is 6.33. The third-order valence-corrected chi connectivity index (χ3v) is 2.68. The van der Waals surface area contributed by atoms with Crippen molar-refractivity contribution in [2.24, 2.45) is 0 Å². The molecule has 0 aliphatic heterocycles. The van der Waals surface area contributed by atoms with Gasteiger partial charge in [-0.25, -0.2) is 4.39 Å². The van der Waals surface area contributed by atoms with E-state index in [0.29, 0.717) is 25.3 Å². The fraction of sp³-hybridized carbons (Fsp3) is 0.286. The molecule has 0 saturated carbocycles. The third-order valence-electron chi connectivity index (χ3n) is 2.68. The minimum absolute atomic E-state index is 0.128. The molecule has 0 spiro atoms. The average Bonchev–Trinajstić information content (AvgIpc) is 2.83. The quantitative estimate of drug-likeness (QED) is 0.879. The summed E-state index contributed by atoms with van der Waals surface area (Å²) in [6.07, 6.45) is 3.56. The normalized spacial score (nSPS) is 10.5. The van der Waals surface area contributed by atoms with E-state index in [4.69, 9.17) is 4.74 Å². The van der Waals surface area contributed by atoms with Gasteiger partial charge in [-0.2, -0.15) is 5.10 Å². The summed E-state index contributed by atoms with van der Waals surface area (Å²) in [4.78, 5) is 11.5.